The first-order valence-corrected chi connectivity index (χ1v) is 4.62. The summed E-state index contributed by atoms with van der Waals surface area (Å²) in [6.45, 7) is 1.84. The molecule has 0 aliphatic carbocycles. The number of halogens is 2. The largest absolute Gasteiger partial charge is 0.297 e. The second-order valence-corrected chi connectivity index (χ2v) is 3.77. The molecule has 1 aromatic carbocycles. The van der Waals surface area contributed by atoms with E-state index in [4.69, 9.17) is 17.5 Å². The van der Waals surface area contributed by atoms with Crippen molar-refractivity contribution in [3.63, 3.8) is 0 Å². The summed E-state index contributed by atoms with van der Waals surface area (Å²) in [6, 6.07) is 5.59. The van der Waals surface area contributed by atoms with Crippen molar-refractivity contribution in [2.45, 2.75) is 13.0 Å². The molecule has 0 aliphatic heterocycles. The molecule has 0 aliphatic rings. The van der Waals surface area contributed by atoms with E-state index in [-0.39, 0.29) is 6.10 Å². The van der Waals surface area contributed by atoms with Crippen LogP contribution in [0, 0.1) is 0 Å². The number of benzene rings is 1. The van der Waals surface area contributed by atoms with Gasteiger partial charge in [-0.15, -0.1) is 0 Å². The van der Waals surface area contributed by atoms with Crippen LogP contribution in [-0.2, 0) is 4.84 Å². The maximum atomic E-state index is 5.94. The zero-order valence-corrected chi connectivity index (χ0v) is 8.89. The van der Waals surface area contributed by atoms with Gasteiger partial charge in [0.05, 0.1) is 0 Å². The third kappa shape index (κ3) is 2.20. The van der Waals surface area contributed by atoms with Crippen molar-refractivity contribution in [1.82, 2.24) is 0 Å². The SMILES string of the molecule is CC(ON)c1ccc(Br)cc1Cl. The van der Waals surface area contributed by atoms with E-state index >= 15 is 0 Å². The van der Waals surface area contributed by atoms with Crippen molar-refractivity contribution in [3.05, 3.63) is 33.3 Å². The van der Waals surface area contributed by atoms with Gasteiger partial charge in [0.2, 0.25) is 0 Å². The smallest absolute Gasteiger partial charge is 0.102 e. The van der Waals surface area contributed by atoms with E-state index in [0.717, 1.165) is 10.0 Å². The van der Waals surface area contributed by atoms with Gasteiger partial charge in [0.15, 0.2) is 0 Å². The maximum absolute atomic E-state index is 5.94. The Morgan fingerprint density at radius 3 is 2.75 bits per heavy atom. The minimum absolute atomic E-state index is 0.175. The van der Waals surface area contributed by atoms with Gasteiger partial charge in [-0.2, -0.15) is 0 Å². The monoisotopic (exact) mass is 249 g/mol. The lowest BCUT2D eigenvalue weighted by molar-refractivity contribution is 0.0665. The van der Waals surface area contributed by atoms with Crippen molar-refractivity contribution in [2.24, 2.45) is 5.90 Å². The third-order valence-corrected chi connectivity index (χ3v) is 2.43. The number of nitrogens with two attached hydrogens (primary N) is 1. The van der Waals surface area contributed by atoms with E-state index in [9.17, 15) is 0 Å². The van der Waals surface area contributed by atoms with Gasteiger partial charge < -0.3 is 0 Å². The minimum Gasteiger partial charge on any atom is -0.297 e. The zero-order chi connectivity index (χ0) is 9.14. The molecule has 0 bridgehead atoms. The third-order valence-electron chi connectivity index (χ3n) is 1.60. The standard InChI is InChI=1S/C8H9BrClNO/c1-5(12-11)7-3-2-6(9)4-8(7)10/h2-5H,11H2,1H3. The van der Waals surface area contributed by atoms with Gasteiger partial charge in [-0.25, -0.2) is 5.90 Å². The van der Waals surface area contributed by atoms with E-state index in [1.54, 1.807) is 0 Å². The molecule has 0 saturated carbocycles. The first-order valence-electron chi connectivity index (χ1n) is 3.45. The molecule has 2 nitrogen and oxygen atoms in total. The predicted octanol–water partition coefficient (Wildman–Crippen LogP) is 3.05. The fourth-order valence-electron chi connectivity index (χ4n) is 0.904. The van der Waals surface area contributed by atoms with Gasteiger partial charge in [-0.3, -0.25) is 4.84 Å². The first kappa shape index (κ1) is 9.99. The summed E-state index contributed by atoms with van der Waals surface area (Å²) in [4.78, 5) is 4.66. The lowest BCUT2D eigenvalue weighted by Crippen LogP contribution is -2.05. The highest BCUT2D eigenvalue weighted by Crippen LogP contribution is 2.27. The van der Waals surface area contributed by atoms with Crippen LogP contribution in [0.3, 0.4) is 0 Å². The predicted molar refractivity (Wildman–Crippen MR) is 52.8 cm³/mol. The van der Waals surface area contributed by atoms with Gasteiger partial charge in [0.25, 0.3) is 0 Å². The molecule has 0 saturated heterocycles. The van der Waals surface area contributed by atoms with E-state index in [1.807, 2.05) is 25.1 Å². The second-order valence-electron chi connectivity index (χ2n) is 2.44. The lowest BCUT2D eigenvalue weighted by Gasteiger charge is -2.10. The molecule has 4 heteroatoms. The van der Waals surface area contributed by atoms with E-state index in [1.165, 1.54) is 0 Å². The molecule has 0 radical (unpaired) electrons. The van der Waals surface area contributed by atoms with Crippen LogP contribution in [0.5, 0.6) is 0 Å². The summed E-state index contributed by atoms with van der Waals surface area (Å²) in [6.07, 6.45) is -0.175. The quantitative estimate of drug-likeness (QED) is 0.819. The fourth-order valence-corrected chi connectivity index (χ4v) is 1.73. The van der Waals surface area contributed by atoms with Gasteiger partial charge in [0.1, 0.15) is 6.10 Å². The minimum atomic E-state index is -0.175. The number of hydrogen-bond donors (Lipinski definition) is 1. The van der Waals surface area contributed by atoms with Gasteiger partial charge in [0, 0.05) is 15.1 Å². The number of rotatable bonds is 2. The number of hydrogen-bond acceptors (Lipinski definition) is 2. The van der Waals surface area contributed by atoms with E-state index in [2.05, 4.69) is 20.8 Å². The molecule has 0 aromatic heterocycles. The maximum Gasteiger partial charge on any atom is 0.102 e. The fraction of sp³-hybridized carbons (Fsp3) is 0.250. The Hall–Kier alpha value is -0.0900. The molecule has 1 atom stereocenters. The molecule has 0 spiro atoms. The van der Waals surface area contributed by atoms with Crippen LogP contribution in [0.25, 0.3) is 0 Å². The average Bonchev–Trinajstić information content (AvgIpc) is 2.03. The Balaban J connectivity index is 3.01. The van der Waals surface area contributed by atoms with Crippen molar-refractivity contribution in [1.29, 1.82) is 0 Å². The zero-order valence-electron chi connectivity index (χ0n) is 6.55. The molecule has 0 amide bonds. The Morgan fingerprint density at radius 2 is 2.25 bits per heavy atom. The van der Waals surface area contributed by atoms with Crippen molar-refractivity contribution in [2.75, 3.05) is 0 Å². The van der Waals surface area contributed by atoms with Crippen LogP contribution in [-0.4, -0.2) is 0 Å². The summed E-state index contributed by atoms with van der Waals surface area (Å²) < 4.78 is 0.945. The topological polar surface area (TPSA) is 35.2 Å². The molecule has 1 unspecified atom stereocenters. The lowest BCUT2D eigenvalue weighted by atomic mass is 10.1. The summed E-state index contributed by atoms with van der Waals surface area (Å²) in [5.41, 5.74) is 0.891. The van der Waals surface area contributed by atoms with E-state index < -0.39 is 0 Å². The van der Waals surface area contributed by atoms with Crippen molar-refractivity contribution >= 4 is 27.5 Å². The van der Waals surface area contributed by atoms with Gasteiger partial charge in [-0.1, -0.05) is 33.6 Å². The molecule has 66 valence electrons. The second kappa shape index (κ2) is 4.23. The van der Waals surface area contributed by atoms with Crippen LogP contribution < -0.4 is 5.90 Å². The molecule has 12 heavy (non-hydrogen) atoms. The summed E-state index contributed by atoms with van der Waals surface area (Å²) >= 11 is 9.25. The first-order chi connectivity index (χ1) is 5.65. The van der Waals surface area contributed by atoms with Crippen molar-refractivity contribution < 1.29 is 4.84 Å². The summed E-state index contributed by atoms with van der Waals surface area (Å²) in [5.74, 6) is 5.04. The highest BCUT2D eigenvalue weighted by Gasteiger charge is 2.08. The Bertz CT molecular complexity index is 280. The molecular formula is C8H9BrClNO. The molecule has 0 fully saturated rings. The molecular weight excluding hydrogens is 241 g/mol. The average molecular weight is 251 g/mol. The Morgan fingerprint density at radius 1 is 1.58 bits per heavy atom. The molecule has 2 N–H and O–H groups in total. The highest BCUT2D eigenvalue weighted by molar-refractivity contribution is 9.10. The molecule has 0 heterocycles. The summed E-state index contributed by atoms with van der Waals surface area (Å²) in [7, 11) is 0. The normalized spacial score (nSPS) is 13.0. The van der Waals surface area contributed by atoms with Crippen LogP contribution in [0.4, 0.5) is 0 Å². The van der Waals surface area contributed by atoms with Crippen molar-refractivity contribution in [3.8, 4) is 0 Å². The van der Waals surface area contributed by atoms with Crippen LogP contribution in [0.2, 0.25) is 5.02 Å². The molecule has 1 rings (SSSR count). The van der Waals surface area contributed by atoms with Crippen LogP contribution in [0.1, 0.15) is 18.6 Å². The van der Waals surface area contributed by atoms with Gasteiger partial charge in [-0.05, 0) is 19.1 Å². The van der Waals surface area contributed by atoms with E-state index in [0.29, 0.717) is 5.02 Å². The Kier molecular flexibility index (Phi) is 3.53. The van der Waals surface area contributed by atoms with Crippen LogP contribution in [0.15, 0.2) is 22.7 Å². The highest BCUT2D eigenvalue weighted by atomic mass is 79.9. The molecule has 1 aromatic rings. The van der Waals surface area contributed by atoms with Gasteiger partial charge >= 0.3 is 0 Å². The Labute approximate surface area is 84.7 Å². The van der Waals surface area contributed by atoms with Crippen LogP contribution >= 0.6 is 27.5 Å². The summed E-state index contributed by atoms with van der Waals surface area (Å²) in [5, 5.41) is 0.655.